The molecule has 1 saturated heterocycles. The minimum Gasteiger partial charge on any atom is -0.493 e. The second kappa shape index (κ2) is 10.4. The molecular formula is C29H24ClN3O5. The first kappa shape index (κ1) is 25.1. The number of para-hydroxylation sites is 3. The Balaban J connectivity index is 1.45. The Morgan fingerprint density at radius 1 is 0.974 bits per heavy atom. The number of benzene rings is 3. The molecule has 1 fully saturated rings. The van der Waals surface area contributed by atoms with E-state index in [1.807, 2.05) is 66.2 Å². The molecular weight excluding hydrogens is 506 g/mol. The molecule has 38 heavy (non-hydrogen) atoms. The fraction of sp³-hybridized carbons (Fsp3) is 0.138. The first-order valence-electron chi connectivity index (χ1n) is 11.9. The third-order valence-corrected chi connectivity index (χ3v) is 6.70. The summed E-state index contributed by atoms with van der Waals surface area (Å²) in [7, 11) is 1.59. The Labute approximate surface area is 224 Å². The highest BCUT2D eigenvalue weighted by atomic mass is 35.5. The van der Waals surface area contributed by atoms with Crippen molar-refractivity contribution >= 4 is 52.1 Å². The Morgan fingerprint density at radius 3 is 2.47 bits per heavy atom. The number of halogens is 1. The topological polar surface area (TPSA) is 89.9 Å². The van der Waals surface area contributed by atoms with Gasteiger partial charge >= 0.3 is 6.03 Å². The summed E-state index contributed by atoms with van der Waals surface area (Å²) in [5.41, 5.74) is 2.49. The molecule has 0 radical (unpaired) electrons. The van der Waals surface area contributed by atoms with Crippen molar-refractivity contribution in [2.24, 2.45) is 0 Å². The minimum absolute atomic E-state index is 0.158. The fourth-order valence-corrected chi connectivity index (χ4v) is 4.51. The van der Waals surface area contributed by atoms with Crippen LogP contribution in [0.4, 0.5) is 10.5 Å². The van der Waals surface area contributed by atoms with E-state index < -0.39 is 17.8 Å². The van der Waals surface area contributed by atoms with E-state index in [0.717, 1.165) is 21.4 Å². The van der Waals surface area contributed by atoms with Crippen LogP contribution in [0.1, 0.15) is 11.1 Å². The number of ether oxygens (including phenoxy) is 2. The highest BCUT2D eigenvalue weighted by Crippen LogP contribution is 2.29. The standard InChI is InChI=1S/C29H24ClN3O5/c1-18-11-12-20(16-23(18)30)33-28(35)22(27(34)31-29(33)36)15-19-17-32(24-8-4-3-7-21(19)24)13-14-38-26-10-6-5-9-25(26)37-2/h3-12,15-17H,13-14H2,1-2H3,(H,31,34,36)/b22-15-. The Hall–Kier alpha value is -4.56. The van der Waals surface area contributed by atoms with Crippen LogP contribution in [-0.4, -0.2) is 36.1 Å². The number of barbiturate groups is 1. The number of urea groups is 1. The molecule has 3 aromatic carbocycles. The number of hydrogen-bond donors (Lipinski definition) is 1. The molecule has 0 bridgehead atoms. The summed E-state index contributed by atoms with van der Waals surface area (Å²) in [5.74, 6) is -0.203. The lowest BCUT2D eigenvalue weighted by atomic mass is 10.1. The molecule has 9 heteroatoms. The van der Waals surface area contributed by atoms with Crippen LogP contribution < -0.4 is 19.7 Å². The van der Waals surface area contributed by atoms with E-state index in [1.165, 1.54) is 12.1 Å². The molecule has 0 saturated carbocycles. The van der Waals surface area contributed by atoms with Gasteiger partial charge in [0.25, 0.3) is 11.8 Å². The van der Waals surface area contributed by atoms with E-state index in [4.69, 9.17) is 21.1 Å². The summed E-state index contributed by atoms with van der Waals surface area (Å²) < 4.78 is 13.3. The number of carbonyl (C=O) groups excluding carboxylic acids is 3. The van der Waals surface area contributed by atoms with Crippen molar-refractivity contribution in [3.8, 4) is 11.5 Å². The first-order chi connectivity index (χ1) is 18.4. The van der Waals surface area contributed by atoms with Crippen LogP contribution in [-0.2, 0) is 16.1 Å². The summed E-state index contributed by atoms with van der Waals surface area (Å²) in [6.45, 7) is 2.69. The number of methoxy groups -OCH3 is 1. The van der Waals surface area contributed by atoms with Crippen LogP contribution in [0, 0.1) is 6.92 Å². The van der Waals surface area contributed by atoms with Gasteiger partial charge in [0, 0.05) is 27.7 Å². The van der Waals surface area contributed by atoms with E-state index in [1.54, 1.807) is 19.2 Å². The second-order valence-corrected chi connectivity index (χ2v) is 9.09. The number of carbonyl (C=O) groups is 3. The van der Waals surface area contributed by atoms with Gasteiger partial charge in [-0.05, 0) is 48.9 Å². The van der Waals surface area contributed by atoms with Gasteiger partial charge in [0.1, 0.15) is 12.2 Å². The zero-order valence-corrected chi connectivity index (χ0v) is 21.5. The molecule has 1 aliphatic rings. The number of fused-ring (bicyclic) bond motifs is 1. The van der Waals surface area contributed by atoms with E-state index in [0.29, 0.717) is 35.2 Å². The van der Waals surface area contributed by atoms with Crippen molar-refractivity contribution in [2.75, 3.05) is 18.6 Å². The zero-order chi connectivity index (χ0) is 26.8. The molecule has 4 aromatic rings. The molecule has 8 nitrogen and oxygen atoms in total. The number of nitrogens with one attached hydrogen (secondary N) is 1. The number of amides is 4. The molecule has 192 valence electrons. The van der Waals surface area contributed by atoms with Gasteiger partial charge in [-0.2, -0.15) is 0 Å². The minimum atomic E-state index is -0.826. The van der Waals surface area contributed by atoms with Crippen molar-refractivity contribution in [1.82, 2.24) is 9.88 Å². The molecule has 4 amide bonds. The number of rotatable bonds is 7. The molecule has 5 rings (SSSR count). The molecule has 0 spiro atoms. The maximum Gasteiger partial charge on any atom is 0.335 e. The quantitative estimate of drug-likeness (QED) is 0.257. The molecule has 0 aliphatic carbocycles. The van der Waals surface area contributed by atoms with Crippen molar-refractivity contribution in [3.63, 3.8) is 0 Å². The molecule has 1 aromatic heterocycles. The molecule has 0 atom stereocenters. The van der Waals surface area contributed by atoms with E-state index in [2.05, 4.69) is 5.32 Å². The maximum absolute atomic E-state index is 13.4. The average Bonchev–Trinajstić information content (AvgIpc) is 3.26. The molecule has 1 N–H and O–H groups in total. The first-order valence-corrected chi connectivity index (χ1v) is 12.3. The zero-order valence-electron chi connectivity index (χ0n) is 20.7. The van der Waals surface area contributed by atoms with Crippen molar-refractivity contribution in [1.29, 1.82) is 0 Å². The van der Waals surface area contributed by atoms with Crippen LogP contribution in [0.5, 0.6) is 11.5 Å². The number of imide groups is 2. The molecule has 1 aliphatic heterocycles. The van der Waals surface area contributed by atoms with Gasteiger partial charge < -0.3 is 14.0 Å². The van der Waals surface area contributed by atoms with Gasteiger partial charge in [-0.3, -0.25) is 14.9 Å². The van der Waals surface area contributed by atoms with Crippen LogP contribution in [0.3, 0.4) is 0 Å². The van der Waals surface area contributed by atoms with Crippen LogP contribution >= 0.6 is 11.6 Å². The monoisotopic (exact) mass is 529 g/mol. The number of hydrogen-bond acceptors (Lipinski definition) is 5. The number of nitrogens with zero attached hydrogens (tertiary/aromatic N) is 2. The van der Waals surface area contributed by atoms with Crippen LogP contribution in [0.15, 0.2) is 78.5 Å². The Morgan fingerprint density at radius 2 is 1.71 bits per heavy atom. The van der Waals surface area contributed by atoms with Gasteiger partial charge in [-0.25, -0.2) is 9.69 Å². The van der Waals surface area contributed by atoms with Gasteiger partial charge in [0.15, 0.2) is 11.5 Å². The average molecular weight is 530 g/mol. The van der Waals surface area contributed by atoms with Crippen LogP contribution in [0.2, 0.25) is 5.02 Å². The number of aromatic nitrogens is 1. The van der Waals surface area contributed by atoms with E-state index in [-0.39, 0.29) is 11.3 Å². The fourth-order valence-electron chi connectivity index (χ4n) is 4.34. The van der Waals surface area contributed by atoms with E-state index in [9.17, 15) is 14.4 Å². The number of anilines is 1. The summed E-state index contributed by atoms with van der Waals surface area (Å²) >= 11 is 6.22. The maximum atomic E-state index is 13.4. The SMILES string of the molecule is COc1ccccc1OCCn1cc(/C=C2/C(=O)NC(=O)N(c3ccc(C)c(Cl)c3)C2=O)c2ccccc21. The van der Waals surface area contributed by atoms with Crippen molar-refractivity contribution < 1.29 is 23.9 Å². The third kappa shape index (κ3) is 4.73. The highest BCUT2D eigenvalue weighted by molar-refractivity contribution is 6.39. The highest BCUT2D eigenvalue weighted by Gasteiger charge is 2.37. The summed E-state index contributed by atoms with van der Waals surface area (Å²) in [6.07, 6.45) is 3.36. The lowest BCUT2D eigenvalue weighted by Crippen LogP contribution is -2.54. The predicted octanol–water partition coefficient (Wildman–Crippen LogP) is 5.36. The Bertz CT molecular complexity index is 1610. The lowest BCUT2D eigenvalue weighted by Gasteiger charge is -2.26. The largest absolute Gasteiger partial charge is 0.493 e. The summed E-state index contributed by atoms with van der Waals surface area (Å²) in [6, 6.07) is 19.1. The molecule has 0 unspecified atom stereocenters. The van der Waals surface area contributed by atoms with Crippen LogP contribution in [0.25, 0.3) is 17.0 Å². The smallest absolute Gasteiger partial charge is 0.335 e. The van der Waals surface area contributed by atoms with Gasteiger partial charge in [-0.15, -0.1) is 0 Å². The summed E-state index contributed by atoms with van der Waals surface area (Å²) in [5, 5.41) is 3.51. The van der Waals surface area contributed by atoms with Gasteiger partial charge in [0.05, 0.1) is 19.3 Å². The van der Waals surface area contributed by atoms with Gasteiger partial charge in [-0.1, -0.05) is 48.0 Å². The Kier molecular flexibility index (Phi) is 6.89. The second-order valence-electron chi connectivity index (χ2n) is 8.69. The van der Waals surface area contributed by atoms with Gasteiger partial charge in [0.2, 0.25) is 0 Å². The normalized spacial score (nSPS) is 14.8. The predicted molar refractivity (Wildman–Crippen MR) is 146 cm³/mol. The summed E-state index contributed by atoms with van der Waals surface area (Å²) in [4.78, 5) is 39.6. The van der Waals surface area contributed by atoms with E-state index >= 15 is 0 Å². The molecule has 2 heterocycles. The van der Waals surface area contributed by atoms with Crippen molar-refractivity contribution in [3.05, 3.63) is 94.6 Å². The number of aryl methyl sites for hydroxylation is 1. The van der Waals surface area contributed by atoms with Crippen molar-refractivity contribution in [2.45, 2.75) is 13.5 Å². The third-order valence-electron chi connectivity index (χ3n) is 6.29. The lowest BCUT2D eigenvalue weighted by molar-refractivity contribution is -0.122.